The maximum absolute atomic E-state index is 5.36. The average molecular weight is 244 g/mol. The highest BCUT2D eigenvalue weighted by Gasteiger charge is 2.21. The standard InChI is InChI=1S/C13H16N4O/c1-9-5-7-14-8-10(9)12-16-13(18-17-12)11-4-2-3-6-15-11/h5,7-8,11,15H,2-4,6H2,1H3. The molecule has 1 aliphatic rings. The monoisotopic (exact) mass is 244 g/mol. The van der Waals surface area contributed by atoms with E-state index in [-0.39, 0.29) is 6.04 Å². The van der Waals surface area contributed by atoms with Crippen LogP contribution in [0.15, 0.2) is 23.0 Å². The summed E-state index contributed by atoms with van der Waals surface area (Å²) in [7, 11) is 0. The summed E-state index contributed by atoms with van der Waals surface area (Å²) in [5.74, 6) is 1.32. The molecular formula is C13H16N4O. The highest BCUT2D eigenvalue weighted by Crippen LogP contribution is 2.25. The van der Waals surface area contributed by atoms with Crippen molar-refractivity contribution in [2.75, 3.05) is 6.54 Å². The van der Waals surface area contributed by atoms with Crippen LogP contribution in [0.1, 0.15) is 36.8 Å². The third-order valence-corrected chi connectivity index (χ3v) is 3.33. The van der Waals surface area contributed by atoms with Gasteiger partial charge in [-0.1, -0.05) is 11.6 Å². The first-order valence-corrected chi connectivity index (χ1v) is 6.32. The van der Waals surface area contributed by atoms with Crippen LogP contribution in [-0.4, -0.2) is 21.7 Å². The summed E-state index contributed by atoms with van der Waals surface area (Å²) in [6, 6.07) is 2.15. The molecule has 2 aromatic heterocycles. The lowest BCUT2D eigenvalue weighted by molar-refractivity contribution is 0.297. The van der Waals surface area contributed by atoms with Gasteiger partial charge in [0.1, 0.15) is 0 Å². The summed E-state index contributed by atoms with van der Waals surface area (Å²) in [4.78, 5) is 8.59. The molecule has 0 aromatic carbocycles. The Morgan fingerprint density at radius 3 is 3.11 bits per heavy atom. The Morgan fingerprint density at radius 2 is 2.33 bits per heavy atom. The first-order valence-electron chi connectivity index (χ1n) is 6.32. The Labute approximate surface area is 106 Å². The molecule has 1 saturated heterocycles. The highest BCUT2D eigenvalue weighted by atomic mass is 16.5. The van der Waals surface area contributed by atoms with Crippen molar-refractivity contribution in [1.29, 1.82) is 0 Å². The van der Waals surface area contributed by atoms with E-state index in [9.17, 15) is 0 Å². The Balaban J connectivity index is 1.87. The van der Waals surface area contributed by atoms with Gasteiger partial charge in [0.2, 0.25) is 11.7 Å². The quantitative estimate of drug-likeness (QED) is 0.877. The number of aromatic nitrogens is 3. The summed E-state index contributed by atoms with van der Waals surface area (Å²) in [5, 5.41) is 7.46. The maximum Gasteiger partial charge on any atom is 0.244 e. The second-order valence-electron chi connectivity index (χ2n) is 4.65. The van der Waals surface area contributed by atoms with E-state index in [2.05, 4.69) is 20.4 Å². The van der Waals surface area contributed by atoms with Crippen LogP contribution >= 0.6 is 0 Å². The van der Waals surface area contributed by atoms with Crippen LogP contribution in [0.25, 0.3) is 11.4 Å². The topological polar surface area (TPSA) is 63.8 Å². The molecule has 1 fully saturated rings. The van der Waals surface area contributed by atoms with Crippen molar-refractivity contribution in [3.8, 4) is 11.4 Å². The number of hydrogen-bond acceptors (Lipinski definition) is 5. The van der Waals surface area contributed by atoms with E-state index in [0.717, 1.165) is 24.1 Å². The van der Waals surface area contributed by atoms with E-state index < -0.39 is 0 Å². The van der Waals surface area contributed by atoms with Gasteiger partial charge in [-0.3, -0.25) is 4.98 Å². The maximum atomic E-state index is 5.36. The fourth-order valence-electron chi connectivity index (χ4n) is 2.25. The van der Waals surface area contributed by atoms with Crippen LogP contribution in [0, 0.1) is 6.92 Å². The van der Waals surface area contributed by atoms with Crippen molar-refractivity contribution in [3.63, 3.8) is 0 Å². The van der Waals surface area contributed by atoms with Gasteiger partial charge < -0.3 is 9.84 Å². The predicted molar refractivity (Wildman–Crippen MR) is 66.9 cm³/mol. The lowest BCUT2D eigenvalue weighted by Gasteiger charge is -2.19. The molecule has 18 heavy (non-hydrogen) atoms. The third kappa shape index (κ3) is 2.13. The molecule has 5 nitrogen and oxygen atoms in total. The van der Waals surface area contributed by atoms with E-state index in [1.807, 2.05) is 13.0 Å². The number of nitrogens with zero attached hydrogens (tertiary/aromatic N) is 3. The molecule has 3 rings (SSSR count). The van der Waals surface area contributed by atoms with Gasteiger partial charge >= 0.3 is 0 Å². The molecule has 3 heterocycles. The molecule has 0 bridgehead atoms. The zero-order chi connectivity index (χ0) is 12.4. The van der Waals surface area contributed by atoms with Gasteiger partial charge in [0.05, 0.1) is 6.04 Å². The molecule has 1 aliphatic heterocycles. The Hall–Kier alpha value is -1.75. The lowest BCUT2D eigenvalue weighted by Crippen LogP contribution is -2.26. The summed E-state index contributed by atoms with van der Waals surface area (Å²) >= 11 is 0. The Kier molecular flexibility index (Phi) is 3.06. The molecule has 5 heteroatoms. The summed E-state index contributed by atoms with van der Waals surface area (Å²) < 4.78 is 5.36. The Bertz CT molecular complexity index is 531. The number of aryl methyl sites for hydroxylation is 1. The molecule has 1 atom stereocenters. The summed E-state index contributed by atoms with van der Waals surface area (Å²) in [5.41, 5.74) is 2.04. The number of pyridine rings is 1. The normalized spacial score (nSPS) is 19.9. The Morgan fingerprint density at radius 1 is 1.39 bits per heavy atom. The number of piperidine rings is 1. The van der Waals surface area contributed by atoms with Gasteiger partial charge in [-0.15, -0.1) is 0 Å². The molecule has 1 N–H and O–H groups in total. The fraction of sp³-hybridized carbons (Fsp3) is 0.462. The minimum Gasteiger partial charge on any atom is -0.337 e. The van der Waals surface area contributed by atoms with Gasteiger partial charge in [-0.25, -0.2) is 0 Å². The van der Waals surface area contributed by atoms with Gasteiger partial charge in [-0.05, 0) is 37.9 Å². The van der Waals surface area contributed by atoms with Crippen molar-refractivity contribution >= 4 is 0 Å². The van der Waals surface area contributed by atoms with Crippen LogP contribution in [0.2, 0.25) is 0 Å². The van der Waals surface area contributed by atoms with Gasteiger partial charge in [0.25, 0.3) is 0 Å². The van der Waals surface area contributed by atoms with E-state index in [4.69, 9.17) is 4.52 Å². The lowest BCUT2D eigenvalue weighted by atomic mass is 10.1. The molecule has 94 valence electrons. The largest absolute Gasteiger partial charge is 0.337 e. The number of nitrogens with one attached hydrogen (secondary N) is 1. The first-order chi connectivity index (χ1) is 8.84. The zero-order valence-electron chi connectivity index (χ0n) is 10.4. The van der Waals surface area contributed by atoms with Crippen molar-refractivity contribution < 1.29 is 4.52 Å². The van der Waals surface area contributed by atoms with Crippen molar-refractivity contribution in [2.45, 2.75) is 32.2 Å². The fourth-order valence-corrected chi connectivity index (χ4v) is 2.25. The van der Waals surface area contributed by atoms with Crippen LogP contribution in [0.3, 0.4) is 0 Å². The van der Waals surface area contributed by atoms with Crippen molar-refractivity contribution in [3.05, 3.63) is 29.9 Å². The molecule has 0 radical (unpaired) electrons. The molecule has 0 spiro atoms. The van der Waals surface area contributed by atoms with Crippen molar-refractivity contribution in [1.82, 2.24) is 20.4 Å². The van der Waals surface area contributed by atoms with Crippen LogP contribution in [-0.2, 0) is 0 Å². The summed E-state index contributed by atoms with van der Waals surface area (Å²) in [6.45, 7) is 3.04. The number of hydrogen-bond donors (Lipinski definition) is 1. The van der Waals surface area contributed by atoms with Gasteiger partial charge in [0.15, 0.2) is 0 Å². The second kappa shape index (κ2) is 4.86. The molecule has 0 saturated carbocycles. The molecule has 2 aromatic rings. The second-order valence-corrected chi connectivity index (χ2v) is 4.65. The minimum absolute atomic E-state index is 0.206. The van der Waals surface area contributed by atoms with E-state index in [1.165, 1.54) is 12.8 Å². The minimum atomic E-state index is 0.206. The number of rotatable bonds is 2. The van der Waals surface area contributed by atoms with Crippen LogP contribution < -0.4 is 5.32 Å². The van der Waals surface area contributed by atoms with Crippen LogP contribution in [0.4, 0.5) is 0 Å². The van der Waals surface area contributed by atoms with E-state index in [1.54, 1.807) is 12.4 Å². The molecule has 0 aliphatic carbocycles. The van der Waals surface area contributed by atoms with E-state index in [0.29, 0.717) is 11.7 Å². The average Bonchev–Trinajstić information content (AvgIpc) is 2.90. The smallest absolute Gasteiger partial charge is 0.244 e. The third-order valence-electron chi connectivity index (χ3n) is 3.33. The van der Waals surface area contributed by atoms with Crippen LogP contribution in [0.5, 0.6) is 0 Å². The predicted octanol–water partition coefficient (Wildman–Crippen LogP) is 2.25. The zero-order valence-corrected chi connectivity index (χ0v) is 10.4. The van der Waals surface area contributed by atoms with Crippen molar-refractivity contribution in [2.24, 2.45) is 0 Å². The summed E-state index contributed by atoms with van der Waals surface area (Å²) in [6.07, 6.45) is 7.04. The highest BCUT2D eigenvalue weighted by molar-refractivity contribution is 5.57. The van der Waals surface area contributed by atoms with E-state index >= 15 is 0 Å². The molecule has 0 amide bonds. The molecular weight excluding hydrogens is 228 g/mol. The molecule has 1 unspecified atom stereocenters. The van der Waals surface area contributed by atoms with Gasteiger partial charge in [-0.2, -0.15) is 4.98 Å². The first kappa shape index (κ1) is 11.3. The SMILES string of the molecule is Cc1ccncc1-c1noc(C2CCCCN2)n1. The van der Waals surface area contributed by atoms with Gasteiger partial charge in [0, 0.05) is 18.0 Å².